The molecular weight excluding hydrogens is 222 g/mol. The van der Waals surface area contributed by atoms with Crippen LogP contribution in [-0.4, -0.2) is 17.6 Å². The van der Waals surface area contributed by atoms with Crippen molar-refractivity contribution in [1.29, 1.82) is 0 Å². The van der Waals surface area contributed by atoms with Crippen molar-refractivity contribution in [3.8, 4) is 0 Å². The van der Waals surface area contributed by atoms with E-state index in [-0.39, 0.29) is 6.04 Å². The van der Waals surface area contributed by atoms with E-state index in [4.69, 9.17) is 5.73 Å². The van der Waals surface area contributed by atoms with Crippen molar-refractivity contribution in [2.75, 3.05) is 11.4 Å². The van der Waals surface area contributed by atoms with Gasteiger partial charge in [-0.1, -0.05) is 20.8 Å². The van der Waals surface area contributed by atoms with Crippen LogP contribution in [0.1, 0.15) is 51.8 Å². The average molecular weight is 247 g/mol. The number of anilines is 1. The molecule has 3 heteroatoms. The fraction of sp³-hybridized carbons (Fsp3) is 0.667. The van der Waals surface area contributed by atoms with Crippen molar-refractivity contribution in [1.82, 2.24) is 4.98 Å². The second-order valence-corrected chi connectivity index (χ2v) is 5.60. The highest BCUT2D eigenvalue weighted by Crippen LogP contribution is 2.29. The maximum atomic E-state index is 6.00. The van der Waals surface area contributed by atoms with Gasteiger partial charge < -0.3 is 10.6 Å². The van der Waals surface area contributed by atoms with Gasteiger partial charge in [-0.15, -0.1) is 0 Å². The Morgan fingerprint density at radius 3 is 2.78 bits per heavy atom. The quantitative estimate of drug-likeness (QED) is 0.889. The highest BCUT2D eigenvalue weighted by atomic mass is 15.2. The highest BCUT2D eigenvalue weighted by Gasteiger charge is 2.27. The molecule has 0 aliphatic carbocycles. The second kappa shape index (κ2) is 5.70. The molecule has 0 aromatic carbocycles. The van der Waals surface area contributed by atoms with Gasteiger partial charge in [0.2, 0.25) is 0 Å². The van der Waals surface area contributed by atoms with Crippen molar-refractivity contribution in [3.05, 3.63) is 24.0 Å². The lowest BCUT2D eigenvalue weighted by molar-refractivity contribution is 0.491. The smallest absolute Gasteiger partial charge is 0.0572 e. The van der Waals surface area contributed by atoms with Crippen LogP contribution in [0.3, 0.4) is 0 Å². The third-order valence-corrected chi connectivity index (χ3v) is 3.99. The highest BCUT2D eigenvalue weighted by molar-refractivity contribution is 5.47. The molecule has 2 N–H and O–H groups in total. The first-order valence-corrected chi connectivity index (χ1v) is 7.11. The van der Waals surface area contributed by atoms with Crippen LogP contribution in [0, 0.1) is 5.92 Å². The number of aromatic nitrogens is 1. The Morgan fingerprint density at radius 1 is 1.44 bits per heavy atom. The largest absolute Gasteiger partial charge is 0.367 e. The lowest BCUT2D eigenvalue weighted by atomic mass is 10.0. The van der Waals surface area contributed by atoms with Crippen LogP contribution in [0.2, 0.25) is 0 Å². The van der Waals surface area contributed by atoms with Crippen molar-refractivity contribution in [2.24, 2.45) is 11.7 Å². The van der Waals surface area contributed by atoms with E-state index in [1.54, 1.807) is 0 Å². The van der Waals surface area contributed by atoms with Crippen molar-refractivity contribution >= 4 is 5.69 Å². The molecule has 0 radical (unpaired) electrons. The molecule has 2 heterocycles. The first-order chi connectivity index (χ1) is 8.63. The zero-order chi connectivity index (χ0) is 13.1. The molecule has 1 fully saturated rings. The Kier molecular flexibility index (Phi) is 4.23. The number of pyridine rings is 1. The SMILES string of the molecule is CCC(N)c1ccc(N2CCCC2C(C)C)cn1. The third kappa shape index (κ3) is 2.66. The summed E-state index contributed by atoms with van der Waals surface area (Å²) in [5.41, 5.74) is 8.25. The van der Waals surface area contributed by atoms with Crippen molar-refractivity contribution in [3.63, 3.8) is 0 Å². The number of nitrogens with zero attached hydrogens (tertiary/aromatic N) is 2. The maximum absolute atomic E-state index is 6.00. The van der Waals surface area contributed by atoms with Crippen LogP contribution >= 0.6 is 0 Å². The van der Waals surface area contributed by atoms with Gasteiger partial charge in [-0.25, -0.2) is 0 Å². The van der Waals surface area contributed by atoms with Crippen LogP contribution in [0.15, 0.2) is 18.3 Å². The van der Waals surface area contributed by atoms with Crippen LogP contribution < -0.4 is 10.6 Å². The van der Waals surface area contributed by atoms with Gasteiger partial charge in [-0.2, -0.15) is 0 Å². The Bertz CT molecular complexity index is 372. The summed E-state index contributed by atoms with van der Waals surface area (Å²) in [4.78, 5) is 7.02. The molecule has 18 heavy (non-hydrogen) atoms. The van der Waals surface area contributed by atoms with Gasteiger partial charge >= 0.3 is 0 Å². The van der Waals surface area contributed by atoms with Crippen molar-refractivity contribution in [2.45, 2.75) is 52.1 Å². The van der Waals surface area contributed by atoms with Gasteiger partial charge in [-0.3, -0.25) is 4.98 Å². The molecule has 0 amide bonds. The molecule has 1 saturated heterocycles. The summed E-state index contributed by atoms with van der Waals surface area (Å²) < 4.78 is 0. The Balaban J connectivity index is 2.14. The molecule has 2 unspecified atom stereocenters. The molecule has 0 spiro atoms. The van der Waals surface area contributed by atoms with E-state index < -0.39 is 0 Å². The second-order valence-electron chi connectivity index (χ2n) is 5.60. The summed E-state index contributed by atoms with van der Waals surface area (Å²) in [5.74, 6) is 0.699. The molecule has 1 aromatic heterocycles. The van der Waals surface area contributed by atoms with Crippen LogP contribution in [0.5, 0.6) is 0 Å². The predicted molar refractivity (Wildman–Crippen MR) is 76.7 cm³/mol. The average Bonchev–Trinajstić information content (AvgIpc) is 2.87. The first kappa shape index (κ1) is 13.3. The molecule has 1 aliphatic rings. The maximum Gasteiger partial charge on any atom is 0.0572 e. The van der Waals surface area contributed by atoms with E-state index in [1.165, 1.54) is 18.5 Å². The molecule has 2 atom stereocenters. The lowest BCUT2D eigenvalue weighted by Gasteiger charge is -2.29. The van der Waals surface area contributed by atoms with E-state index in [0.717, 1.165) is 18.7 Å². The summed E-state index contributed by atoms with van der Waals surface area (Å²) in [7, 11) is 0. The minimum Gasteiger partial charge on any atom is -0.367 e. The molecule has 100 valence electrons. The van der Waals surface area contributed by atoms with E-state index in [0.29, 0.717) is 12.0 Å². The predicted octanol–water partition coefficient (Wildman–Crippen LogP) is 3.12. The zero-order valence-corrected chi connectivity index (χ0v) is 11.8. The van der Waals surface area contributed by atoms with Crippen LogP contribution in [0.25, 0.3) is 0 Å². The Labute approximate surface area is 110 Å². The summed E-state index contributed by atoms with van der Waals surface area (Å²) >= 11 is 0. The molecule has 3 nitrogen and oxygen atoms in total. The summed E-state index contributed by atoms with van der Waals surface area (Å²) in [6.07, 6.45) is 5.52. The molecule has 1 aromatic rings. The minimum atomic E-state index is 0.0681. The Hall–Kier alpha value is -1.09. The van der Waals surface area contributed by atoms with Gasteiger partial charge in [0.15, 0.2) is 0 Å². The first-order valence-electron chi connectivity index (χ1n) is 7.11. The summed E-state index contributed by atoms with van der Waals surface area (Å²) in [5, 5.41) is 0. The fourth-order valence-electron chi connectivity index (χ4n) is 2.80. The number of nitrogens with two attached hydrogens (primary N) is 1. The van der Waals surface area contributed by atoms with Gasteiger partial charge in [0.1, 0.15) is 0 Å². The topological polar surface area (TPSA) is 42.1 Å². The lowest BCUT2D eigenvalue weighted by Crippen LogP contribution is -2.33. The van der Waals surface area contributed by atoms with E-state index in [9.17, 15) is 0 Å². The normalized spacial score (nSPS) is 21.6. The fourth-order valence-corrected chi connectivity index (χ4v) is 2.80. The molecule has 0 saturated carbocycles. The molecule has 1 aliphatic heterocycles. The van der Waals surface area contributed by atoms with Crippen molar-refractivity contribution < 1.29 is 0 Å². The number of rotatable bonds is 4. The van der Waals surface area contributed by atoms with E-state index in [2.05, 4.69) is 42.8 Å². The molecular formula is C15H25N3. The van der Waals surface area contributed by atoms with E-state index in [1.807, 2.05) is 6.20 Å². The summed E-state index contributed by atoms with van der Waals surface area (Å²) in [6, 6.07) is 4.99. The van der Waals surface area contributed by atoms with Gasteiger partial charge in [0.25, 0.3) is 0 Å². The molecule has 0 bridgehead atoms. The monoisotopic (exact) mass is 247 g/mol. The van der Waals surface area contributed by atoms with Crippen LogP contribution in [-0.2, 0) is 0 Å². The van der Waals surface area contributed by atoms with Gasteiger partial charge in [0.05, 0.1) is 17.6 Å². The van der Waals surface area contributed by atoms with Crippen LogP contribution in [0.4, 0.5) is 5.69 Å². The summed E-state index contributed by atoms with van der Waals surface area (Å²) in [6.45, 7) is 7.86. The standard InChI is InChI=1S/C15H25N3/c1-4-13(16)14-8-7-12(10-17-14)18-9-5-6-15(18)11(2)3/h7-8,10-11,13,15H,4-6,9,16H2,1-3H3. The number of hydrogen-bond donors (Lipinski definition) is 1. The number of hydrogen-bond acceptors (Lipinski definition) is 3. The van der Waals surface area contributed by atoms with Gasteiger partial charge in [0, 0.05) is 18.6 Å². The zero-order valence-electron chi connectivity index (χ0n) is 11.8. The third-order valence-electron chi connectivity index (χ3n) is 3.99. The molecule has 2 rings (SSSR count). The van der Waals surface area contributed by atoms with Gasteiger partial charge in [-0.05, 0) is 37.3 Å². The van der Waals surface area contributed by atoms with E-state index >= 15 is 0 Å². The Morgan fingerprint density at radius 2 is 2.22 bits per heavy atom. The minimum absolute atomic E-state index is 0.0681.